The largest absolute Gasteiger partial charge is 0.473 e. The summed E-state index contributed by atoms with van der Waals surface area (Å²) < 4.78 is 47.6. The summed E-state index contributed by atoms with van der Waals surface area (Å²) >= 11 is 0. The van der Waals surface area contributed by atoms with Gasteiger partial charge in [-0.15, -0.1) is 0 Å². The van der Waals surface area contributed by atoms with Gasteiger partial charge in [-0.1, -0.05) is 37.1 Å². The maximum absolute atomic E-state index is 14.8. The zero-order chi connectivity index (χ0) is 40.9. The van der Waals surface area contributed by atoms with Crippen LogP contribution < -0.4 is 20.1 Å². The van der Waals surface area contributed by atoms with Crippen LogP contribution >= 0.6 is 0 Å². The van der Waals surface area contributed by atoms with Crippen LogP contribution in [0.4, 0.5) is 4.79 Å². The van der Waals surface area contributed by atoms with E-state index in [1.54, 1.807) is 35.8 Å². The summed E-state index contributed by atoms with van der Waals surface area (Å²) in [6.45, 7) is 1.56. The van der Waals surface area contributed by atoms with Crippen molar-refractivity contribution >= 4 is 50.6 Å². The first kappa shape index (κ1) is 39.0. The predicted octanol–water partition coefficient (Wildman–Crippen LogP) is 4.92. The summed E-state index contributed by atoms with van der Waals surface area (Å²) in [7, 11) is -4.01. The van der Waals surface area contributed by atoms with Crippen LogP contribution in [0, 0.1) is 5.92 Å². The number of nitrogens with zero attached hydrogens (tertiary/aromatic N) is 4. The normalized spacial score (nSPS) is 27.8. The Balaban J connectivity index is 1.05. The maximum Gasteiger partial charge on any atom is 0.408 e. The topological polar surface area (TPSA) is 204 Å². The summed E-state index contributed by atoms with van der Waals surface area (Å²) in [4.78, 5) is 67.5. The van der Waals surface area contributed by atoms with E-state index in [9.17, 15) is 27.6 Å². The van der Waals surface area contributed by atoms with E-state index < -0.39 is 68.2 Å². The number of hydrogen-bond acceptors (Lipinski definition) is 11. The lowest BCUT2D eigenvalue weighted by Crippen LogP contribution is -2.58. The molecule has 4 amide bonds. The second-order valence-corrected chi connectivity index (χ2v) is 19.1. The lowest BCUT2D eigenvalue weighted by molar-refractivity contribution is -0.141. The zero-order valence-corrected chi connectivity index (χ0v) is 33.7. The fraction of sp³-hybridized carbons (Fsp3) is 0.524. The van der Waals surface area contributed by atoms with E-state index >= 15 is 0 Å². The molecule has 4 fully saturated rings. The number of fused-ring (bicyclic) bond motifs is 5. The van der Waals surface area contributed by atoms with Gasteiger partial charge < -0.3 is 29.4 Å². The van der Waals surface area contributed by atoms with Gasteiger partial charge in [0.05, 0.1) is 28.6 Å². The minimum atomic E-state index is -4.01. The number of carbonyl (C=O) groups is 4. The van der Waals surface area contributed by atoms with Crippen LogP contribution in [-0.4, -0.2) is 92.6 Å². The number of sulfonamides is 1. The molecule has 0 unspecified atom stereocenters. The number of para-hydroxylation sites is 2. The van der Waals surface area contributed by atoms with Crippen LogP contribution in [0.3, 0.4) is 0 Å². The molecule has 59 heavy (non-hydrogen) atoms. The quantitative estimate of drug-likeness (QED) is 0.204. The molecule has 1 saturated heterocycles. The maximum atomic E-state index is 14.8. The summed E-state index contributed by atoms with van der Waals surface area (Å²) in [5.41, 5.74) is 0.351. The van der Waals surface area contributed by atoms with Crippen molar-refractivity contribution in [1.82, 2.24) is 34.6 Å². The van der Waals surface area contributed by atoms with Crippen molar-refractivity contribution in [3.8, 4) is 17.3 Å². The molecule has 0 radical (unpaired) electrons. The Labute approximate surface area is 341 Å². The molecule has 3 aromatic heterocycles. The van der Waals surface area contributed by atoms with Crippen LogP contribution in [0.5, 0.6) is 5.88 Å². The minimum absolute atomic E-state index is 0.0257. The smallest absolute Gasteiger partial charge is 0.408 e. The number of imidazole rings is 1. The van der Waals surface area contributed by atoms with Gasteiger partial charge in [-0.05, 0) is 95.4 Å². The molecule has 3 aliphatic carbocycles. The Kier molecular flexibility index (Phi) is 10.1. The van der Waals surface area contributed by atoms with Gasteiger partial charge in [0.15, 0.2) is 5.76 Å². The van der Waals surface area contributed by atoms with Crippen molar-refractivity contribution in [2.45, 2.75) is 125 Å². The Morgan fingerprint density at radius 3 is 2.56 bits per heavy atom. The second-order valence-electron chi connectivity index (χ2n) is 16.9. The third-order valence-corrected chi connectivity index (χ3v) is 14.8. The highest BCUT2D eigenvalue weighted by Crippen LogP contribution is 2.47. The molecule has 5 atom stereocenters. The number of aromatic nitrogens is 3. The monoisotopic (exact) mass is 827 g/mol. The van der Waals surface area contributed by atoms with Crippen LogP contribution in [0.2, 0.25) is 0 Å². The second kappa shape index (κ2) is 15.3. The molecule has 2 aliphatic heterocycles. The van der Waals surface area contributed by atoms with Gasteiger partial charge >= 0.3 is 6.09 Å². The Bertz CT molecular complexity index is 2420. The molecule has 5 heterocycles. The van der Waals surface area contributed by atoms with Gasteiger partial charge in [0, 0.05) is 18.4 Å². The van der Waals surface area contributed by atoms with E-state index in [4.69, 9.17) is 23.9 Å². The molecule has 1 aromatic carbocycles. The zero-order valence-electron chi connectivity index (χ0n) is 32.9. The Morgan fingerprint density at radius 2 is 1.78 bits per heavy atom. The van der Waals surface area contributed by atoms with E-state index in [1.165, 1.54) is 4.90 Å². The molecule has 9 rings (SSSR count). The summed E-state index contributed by atoms with van der Waals surface area (Å²) in [6, 6.07) is 10.6. The van der Waals surface area contributed by atoms with E-state index in [-0.39, 0.29) is 25.5 Å². The van der Waals surface area contributed by atoms with Gasteiger partial charge in [-0.3, -0.25) is 19.1 Å². The summed E-state index contributed by atoms with van der Waals surface area (Å²) in [5, 5.41) is 5.75. The third-order valence-electron chi connectivity index (χ3n) is 12.6. The number of alkyl carbamates (subject to hydrolysis) is 1. The third kappa shape index (κ3) is 7.64. The van der Waals surface area contributed by atoms with Crippen molar-refractivity contribution in [2.75, 3.05) is 6.54 Å². The fourth-order valence-corrected chi connectivity index (χ4v) is 10.0. The van der Waals surface area contributed by atoms with E-state index in [0.29, 0.717) is 60.7 Å². The molecule has 17 heteroatoms. The van der Waals surface area contributed by atoms with Crippen molar-refractivity contribution < 1.29 is 41.5 Å². The first-order valence-corrected chi connectivity index (χ1v) is 22.2. The SMILES string of the molecule is CC1(S(=O)(=O)NC(=O)[C@@]23C[C@H]2/C=C\CCCCC[C@H](NC(=O)OC2CCCC2)C(=O)N2C[C@H](Oc4cc(-c5ccco5)nc5nc6ccccc6n45)C[C@H]2C(=O)N3)CC1. The average Bonchev–Trinajstić information content (AvgIpc) is 3.69. The summed E-state index contributed by atoms with van der Waals surface area (Å²) in [5.74, 6) is -1.15. The lowest BCUT2D eigenvalue weighted by Gasteiger charge is -2.30. The Morgan fingerprint density at radius 1 is 0.983 bits per heavy atom. The summed E-state index contributed by atoms with van der Waals surface area (Å²) in [6.07, 6.45) is 11.5. The van der Waals surface area contributed by atoms with E-state index in [2.05, 4.69) is 15.4 Å². The van der Waals surface area contributed by atoms with Crippen molar-refractivity contribution in [2.24, 2.45) is 5.92 Å². The molecule has 4 aromatic rings. The molecule has 0 bridgehead atoms. The number of benzene rings is 1. The Hall–Kier alpha value is -5.45. The number of ether oxygens (including phenoxy) is 2. The van der Waals surface area contributed by atoms with Crippen molar-refractivity contribution in [1.29, 1.82) is 0 Å². The molecule has 312 valence electrons. The lowest BCUT2D eigenvalue weighted by atomic mass is 10.0. The fourth-order valence-electron chi connectivity index (χ4n) is 8.72. The van der Waals surface area contributed by atoms with Crippen LogP contribution in [-0.2, 0) is 29.1 Å². The number of allylic oxidation sites excluding steroid dienone is 1. The van der Waals surface area contributed by atoms with Crippen molar-refractivity contribution in [3.63, 3.8) is 0 Å². The van der Waals surface area contributed by atoms with Crippen LogP contribution in [0.25, 0.3) is 28.3 Å². The molecule has 5 aliphatic rings. The number of nitrogens with one attached hydrogen (secondary N) is 3. The highest BCUT2D eigenvalue weighted by Gasteiger charge is 2.63. The number of rotatable bonds is 8. The van der Waals surface area contributed by atoms with Gasteiger partial charge in [0.2, 0.25) is 33.5 Å². The number of carbonyl (C=O) groups excluding carboxylic acids is 4. The highest BCUT2D eigenvalue weighted by atomic mass is 32.2. The number of amides is 4. The number of furan rings is 1. The van der Waals surface area contributed by atoms with Crippen LogP contribution in [0.15, 0.2) is 65.3 Å². The van der Waals surface area contributed by atoms with Crippen LogP contribution in [0.1, 0.15) is 90.4 Å². The van der Waals surface area contributed by atoms with Gasteiger partial charge in [0.25, 0.3) is 5.91 Å². The standard InChI is InChI=1S/C42H49N7O9S/c1-41(19-20-41)59(54,55)47-38(52)42-24-26(42)12-5-3-2-4-6-16-30(45-40(53)58-27-13-7-8-14-27)37(51)48-25-28(22-33(48)36(50)46-42)57-35-23-31(34-18-11-21-56-34)44-39-43-29-15-9-10-17-32(29)49(35)39/h5,9-12,15,17-18,21,23,26-28,30,33H,2-4,6-8,13-14,16,19-20,22,24-25H2,1H3,(H,45,53)(H,46,50)(H,47,52)/b12-5-/t26-,28-,30+,33+,42-/m1/s1. The molecule has 3 N–H and O–H groups in total. The minimum Gasteiger partial charge on any atom is -0.473 e. The van der Waals surface area contributed by atoms with E-state index in [0.717, 1.165) is 44.0 Å². The number of hydrogen-bond donors (Lipinski definition) is 3. The van der Waals surface area contributed by atoms with Crippen molar-refractivity contribution in [3.05, 3.63) is 60.9 Å². The molecular weight excluding hydrogens is 779 g/mol. The molecule has 16 nitrogen and oxygen atoms in total. The van der Waals surface area contributed by atoms with Gasteiger partial charge in [0.1, 0.15) is 35.5 Å². The molecule has 3 saturated carbocycles. The van der Waals surface area contributed by atoms with E-state index in [1.807, 2.05) is 36.4 Å². The first-order chi connectivity index (χ1) is 28.4. The van der Waals surface area contributed by atoms with Gasteiger partial charge in [-0.25, -0.2) is 27.6 Å². The molecular formula is C42H49N7O9S. The highest BCUT2D eigenvalue weighted by molar-refractivity contribution is 7.91. The van der Waals surface area contributed by atoms with Gasteiger partial charge in [-0.2, -0.15) is 0 Å². The first-order valence-electron chi connectivity index (χ1n) is 20.7. The predicted molar refractivity (Wildman–Crippen MR) is 214 cm³/mol. The molecule has 0 spiro atoms. The average molecular weight is 828 g/mol.